The average molecular weight is 339 g/mol. The molecule has 4 rings (SSSR count). The SMILES string of the molecule is CCCCOc1ccccc1C1CC(=O)Nc2cc3c(cc21)OCO3. The molecule has 25 heavy (non-hydrogen) atoms. The first-order chi connectivity index (χ1) is 12.3. The zero-order valence-corrected chi connectivity index (χ0v) is 14.2. The molecule has 0 saturated heterocycles. The van der Waals surface area contributed by atoms with Crippen LogP contribution in [0.3, 0.4) is 0 Å². The van der Waals surface area contributed by atoms with Gasteiger partial charge in [0.1, 0.15) is 5.75 Å². The quantitative estimate of drug-likeness (QED) is 0.834. The van der Waals surface area contributed by atoms with Gasteiger partial charge in [0.05, 0.1) is 6.61 Å². The lowest BCUT2D eigenvalue weighted by atomic mass is 9.84. The zero-order valence-electron chi connectivity index (χ0n) is 14.2. The molecule has 0 aromatic heterocycles. The second-order valence-electron chi connectivity index (χ2n) is 6.34. The Kier molecular flexibility index (Phi) is 4.22. The number of anilines is 1. The molecule has 1 unspecified atom stereocenters. The molecule has 2 heterocycles. The lowest BCUT2D eigenvalue weighted by Crippen LogP contribution is -2.23. The molecule has 1 atom stereocenters. The molecule has 0 spiro atoms. The Bertz CT molecular complexity index is 802. The minimum atomic E-state index is -0.0592. The van der Waals surface area contributed by atoms with Gasteiger partial charge >= 0.3 is 0 Å². The van der Waals surface area contributed by atoms with E-state index >= 15 is 0 Å². The van der Waals surface area contributed by atoms with Gasteiger partial charge in [-0.25, -0.2) is 0 Å². The van der Waals surface area contributed by atoms with Crippen LogP contribution in [0.5, 0.6) is 17.2 Å². The molecule has 1 amide bonds. The van der Waals surface area contributed by atoms with Crippen molar-refractivity contribution < 1.29 is 19.0 Å². The van der Waals surface area contributed by atoms with Gasteiger partial charge in [-0.1, -0.05) is 31.5 Å². The van der Waals surface area contributed by atoms with Gasteiger partial charge in [0, 0.05) is 29.7 Å². The van der Waals surface area contributed by atoms with E-state index in [-0.39, 0.29) is 18.6 Å². The van der Waals surface area contributed by atoms with Gasteiger partial charge in [0.2, 0.25) is 12.7 Å². The van der Waals surface area contributed by atoms with E-state index in [1.807, 2.05) is 36.4 Å². The largest absolute Gasteiger partial charge is 0.493 e. The standard InChI is InChI=1S/C20H21NO4/c1-2-3-8-23-17-7-5-4-6-13(17)14-10-20(22)21-16-11-19-18(9-15(14)16)24-12-25-19/h4-7,9,11,14H,2-3,8,10,12H2,1H3,(H,21,22). The molecule has 130 valence electrons. The third-order valence-electron chi connectivity index (χ3n) is 4.63. The number of amides is 1. The van der Waals surface area contributed by atoms with Crippen LogP contribution >= 0.6 is 0 Å². The number of ether oxygens (including phenoxy) is 3. The Morgan fingerprint density at radius 3 is 2.80 bits per heavy atom. The number of hydrogen-bond acceptors (Lipinski definition) is 4. The van der Waals surface area contributed by atoms with Crippen LogP contribution in [-0.2, 0) is 4.79 Å². The maximum Gasteiger partial charge on any atom is 0.231 e. The number of benzene rings is 2. The second-order valence-corrected chi connectivity index (χ2v) is 6.34. The molecule has 1 N–H and O–H groups in total. The lowest BCUT2D eigenvalue weighted by Gasteiger charge is -2.27. The van der Waals surface area contributed by atoms with E-state index in [2.05, 4.69) is 12.2 Å². The second kappa shape index (κ2) is 6.67. The van der Waals surface area contributed by atoms with Crippen molar-refractivity contribution in [2.45, 2.75) is 32.1 Å². The lowest BCUT2D eigenvalue weighted by molar-refractivity contribution is -0.116. The van der Waals surface area contributed by atoms with E-state index in [4.69, 9.17) is 14.2 Å². The third kappa shape index (κ3) is 3.02. The molecule has 5 heteroatoms. The summed E-state index contributed by atoms with van der Waals surface area (Å²) in [6.07, 6.45) is 2.48. The predicted octanol–water partition coefficient (Wildman–Crippen LogP) is 4.07. The number of unbranched alkanes of at least 4 members (excludes halogenated alkanes) is 1. The van der Waals surface area contributed by atoms with Crippen molar-refractivity contribution in [1.29, 1.82) is 0 Å². The highest BCUT2D eigenvalue weighted by atomic mass is 16.7. The highest BCUT2D eigenvalue weighted by Gasteiger charge is 2.31. The molecular formula is C20H21NO4. The van der Waals surface area contributed by atoms with Crippen LogP contribution in [0.1, 0.15) is 43.2 Å². The first-order valence-electron chi connectivity index (χ1n) is 8.71. The minimum absolute atomic E-state index is 0.000253. The number of nitrogens with one attached hydrogen (secondary N) is 1. The molecule has 2 aliphatic rings. The van der Waals surface area contributed by atoms with Crippen molar-refractivity contribution in [3.63, 3.8) is 0 Å². The van der Waals surface area contributed by atoms with Gasteiger partial charge in [-0.15, -0.1) is 0 Å². The minimum Gasteiger partial charge on any atom is -0.493 e. The van der Waals surface area contributed by atoms with Gasteiger partial charge in [-0.2, -0.15) is 0 Å². The Labute approximate surface area is 146 Å². The van der Waals surface area contributed by atoms with Crippen LogP contribution in [0.15, 0.2) is 36.4 Å². The van der Waals surface area contributed by atoms with E-state index in [0.717, 1.165) is 41.2 Å². The van der Waals surface area contributed by atoms with Gasteiger partial charge < -0.3 is 19.5 Å². The summed E-state index contributed by atoms with van der Waals surface area (Å²) in [5.74, 6) is 2.19. The average Bonchev–Trinajstić information content (AvgIpc) is 3.07. The Hall–Kier alpha value is -2.69. The number of fused-ring (bicyclic) bond motifs is 2. The van der Waals surface area contributed by atoms with Crippen LogP contribution in [0.4, 0.5) is 5.69 Å². The molecule has 0 bridgehead atoms. The predicted molar refractivity (Wildman–Crippen MR) is 94.5 cm³/mol. The number of rotatable bonds is 5. The summed E-state index contributed by atoms with van der Waals surface area (Å²) in [6, 6.07) is 11.8. The van der Waals surface area contributed by atoms with Crippen molar-refractivity contribution in [2.24, 2.45) is 0 Å². The topological polar surface area (TPSA) is 56.8 Å². The summed E-state index contributed by atoms with van der Waals surface area (Å²) in [6.45, 7) is 3.04. The highest BCUT2D eigenvalue weighted by molar-refractivity contribution is 5.96. The van der Waals surface area contributed by atoms with Crippen molar-refractivity contribution in [3.05, 3.63) is 47.5 Å². The van der Waals surface area contributed by atoms with Gasteiger partial charge in [-0.3, -0.25) is 4.79 Å². The molecule has 5 nitrogen and oxygen atoms in total. The van der Waals surface area contributed by atoms with Gasteiger partial charge in [-0.05, 0) is 24.1 Å². The van der Waals surface area contributed by atoms with Crippen molar-refractivity contribution in [1.82, 2.24) is 0 Å². The monoisotopic (exact) mass is 339 g/mol. The van der Waals surface area contributed by atoms with Crippen LogP contribution in [0.25, 0.3) is 0 Å². The molecule has 2 aromatic carbocycles. The molecule has 0 radical (unpaired) electrons. The number of carbonyl (C=O) groups excluding carboxylic acids is 1. The normalized spacial score (nSPS) is 17.8. The Morgan fingerprint density at radius 1 is 1.16 bits per heavy atom. The molecule has 0 fully saturated rings. The fraction of sp³-hybridized carbons (Fsp3) is 0.350. The van der Waals surface area contributed by atoms with Crippen LogP contribution in [0.2, 0.25) is 0 Å². The summed E-state index contributed by atoms with van der Waals surface area (Å²) in [4.78, 5) is 12.3. The summed E-state index contributed by atoms with van der Waals surface area (Å²) in [5, 5.41) is 2.95. The van der Waals surface area contributed by atoms with Gasteiger partial charge in [0.25, 0.3) is 0 Å². The van der Waals surface area contributed by atoms with Crippen LogP contribution in [-0.4, -0.2) is 19.3 Å². The van der Waals surface area contributed by atoms with Crippen LogP contribution in [0, 0.1) is 0 Å². The summed E-state index contributed by atoms with van der Waals surface area (Å²) in [7, 11) is 0. The Morgan fingerprint density at radius 2 is 1.96 bits per heavy atom. The van der Waals surface area contributed by atoms with E-state index in [0.29, 0.717) is 18.8 Å². The molecule has 2 aliphatic heterocycles. The summed E-state index contributed by atoms with van der Waals surface area (Å²) in [5.41, 5.74) is 2.86. The summed E-state index contributed by atoms with van der Waals surface area (Å²) < 4.78 is 16.9. The van der Waals surface area contributed by atoms with Crippen molar-refractivity contribution in [2.75, 3.05) is 18.7 Å². The maximum absolute atomic E-state index is 12.3. The molecular weight excluding hydrogens is 318 g/mol. The number of para-hydroxylation sites is 1. The maximum atomic E-state index is 12.3. The third-order valence-corrected chi connectivity index (χ3v) is 4.63. The van der Waals surface area contributed by atoms with E-state index in [1.165, 1.54) is 0 Å². The highest BCUT2D eigenvalue weighted by Crippen LogP contribution is 2.46. The first-order valence-corrected chi connectivity index (χ1v) is 8.71. The Balaban J connectivity index is 1.73. The summed E-state index contributed by atoms with van der Waals surface area (Å²) >= 11 is 0. The molecule has 2 aromatic rings. The van der Waals surface area contributed by atoms with Crippen LogP contribution < -0.4 is 19.5 Å². The smallest absolute Gasteiger partial charge is 0.231 e. The molecule has 0 aliphatic carbocycles. The van der Waals surface area contributed by atoms with Crippen molar-refractivity contribution >= 4 is 11.6 Å². The number of hydrogen-bond donors (Lipinski definition) is 1. The van der Waals surface area contributed by atoms with Gasteiger partial charge in [0.15, 0.2) is 11.5 Å². The zero-order chi connectivity index (χ0) is 17.2. The molecule has 0 saturated carbocycles. The van der Waals surface area contributed by atoms with E-state index in [9.17, 15) is 4.79 Å². The number of carbonyl (C=O) groups is 1. The van der Waals surface area contributed by atoms with Crippen molar-refractivity contribution in [3.8, 4) is 17.2 Å². The van der Waals surface area contributed by atoms with E-state index < -0.39 is 0 Å². The fourth-order valence-corrected chi connectivity index (χ4v) is 3.35. The first kappa shape index (κ1) is 15.8. The fourth-order valence-electron chi connectivity index (χ4n) is 3.35. The van der Waals surface area contributed by atoms with E-state index in [1.54, 1.807) is 0 Å².